The van der Waals surface area contributed by atoms with Gasteiger partial charge in [-0.3, -0.25) is 19.8 Å². The normalized spacial score (nSPS) is 15.9. The lowest BCUT2D eigenvalue weighted by Crippen LogP contribution is -2.47. The number of hydrogen-bond acceptors (Lipinski definition) is 6. The van der Waals surface area contributed by atoms with Crippen LogP contribution in [0.5, 0.6) is 0 Å². The van der Waals surface area contributed by atoms with Gasteiger partial charge in [0.15, 0.2) is 5.69 Å². The number of nitrogens with one attached hydrogen (secondary N) is 1. The molecule has 2 aromatic carbocycles. The molecule has 1 aliphatic heterocycles. The summed E-state index contributed by atoms with van der Waals surface area (Å²) in [6, 6.07) is 17.5. The van der Waals surface area contributed by atoms with Gasteiger partial charge in [-0.1, -0.05) is 36.4 Å². The van der Waals surface area contributed by atoms with Crippen molar-refractivity contribution in [3.8, 4) is 5.69 Å². The van der Waals surface area contributed by atoms with E-state index >= 15 is 0 Å². The van der Waals surface area contributed by atoms with Gasteiger partial charge in [0.25, 0.3) is 11.6 Å². The fourth-order valence-electron chi connectivity index (χ4n) is 3.78. The van der Waals surface area contributed by atoms with Crippen LogP contribution in [0.2, 0.25) is 0 Å². The van der Waals surface area contributed by atoms with E-state index in [0.717, 1.165) is 38.3 Å². The smallest absolute Gasteiger partial charge is 0.272 e. The second-order valence-corrected chi connectivity index (χ2v) is 7.96. The fraction of sp³-hybridized carbons (Fsp3) is 0.304. The van der Waals surface area contributed by atoms with E-state index in [4.69, 9.17) is 0 Å². The number of piperazine rings is 1. The van der Waals surface area contributed by atoms with E-state index in [2.05, 4.69) is 27.3 Å². The van der Waals surface area contributed by atoms with Crippen LogP contribution < -0.4 is 5.32 Å². The van der Waals surface area contributed by atoms with Gasteiger partial charge in [-0.25, -0.2) is 4.68 Å². The first-order chi connectivity index (χ1) is 15.5. The number of rotatable bonds is 7. The molecule has 0 saturated carbocycles. The number of carbonyl (C=O) groups is 1. The van der Waals surface area contributed by atoms with Gasteiger partial charge in [-0.05, 0) is 24.7 Å². The van der Waals surface area contributed by atoms with E-state index in [-0.39, 0.29) is 23.3 Å². The number of nitrogens with zero attached hydrogens (tertiary/aromatic N) is 5. The molecule has 2 heterocycles. The molecule has 0 radical (unpaired) electrons. The molecule has 9 heteroatoms. The summed E-state index contributed by atoms with van der Waals surface area (Å²) in [4.78, 5) is 28.3. The van der Waals surface area contributed by atoms with Crippen LogP contribution in [0.4, 0.5) is 5.69 Å². The number of aromatic nitrogens is 2. The third-order valence-corrected chi connectivity index (χ3v) is 5.67. The number of likely N-dealkylation sites (N-methyl/N-ethyl adjacent to an activating group) is 1. The summed E-state index contributed by atoms with van der Waals surface area (Å²) in [7, 11) is 2.12. The minimum Gasteiger partial charge on any atom is -0.343 e. The Morgan fingerprint density at radius 2 is 1.84 bits per heavy atom. The highest BCUT2D eigenvalue weighted by Gasteiger charge is 2.22. The number of hydrogen-bond donors (Lipinski definition) is 1. The third-order valence-electron chi connectivity index (χ3n) is 5.67. The lowest BCUT2D eigenvalue weighted by Gasteiger charge is -2.35. The Balaban J connectivity index is 1.50. The lowest BCUT2D eigenvalue weighted by molar-refractivity contribution is -0.384. The van der Waals surface area contributed by atoms with Gasteiger partial charge in [-0.15, -0.1) is 0 Å². The summed E-state index contributed by atoms with van der Waals surface area (Å²) in [5, 5.41) is 18.5. The Morgan fingerprint density at radius 3 is 2.56 bits per heavy atom. The highest BCUT2D eigenvalue weighted by atomic mass is 16.6. The largest absolute Gasteiger partial charge is 0.343 e. The predicted molar refractivity (Wildman–Crippen MR) is 121 cm³/mol. The van der Waals surface area contributed by atoms with Crippen molar-refractivity contribution in [3.05, 3.63) is 88.2 Å². The van der Waals surface area contributed by atoms with Crippen molar-refractivity contribution >= 4 is 11.6 Å². The van der Waals surface area contributed by atoms with Crippen LogP contribution in [0.3, 0.4) is 0 Å². The summed E-state index contributed by atoms with van der Waals surface area (Å²) in [5.41, 5.74) is 1.80. The molecule has 1 saturated heterocycles. The van der Waals surface area contributed by atoms with Gasteiger partial charge in [0.1, 0.15) is 0 Å². The van der Waals surface area contributed by atoms with Crippen molar-refractivity contribution in [2.45, 2.75) is 6.04 Å². The van der Waals surface area contributed by atoms with Gasteiger partial charge < -0.3 is 10.2 Å². The Labute approximate surface area is 186 Å². The first-order valence-electron chi connectivity index (χ1n) is 10.6. The second kappa shape index (κ2) is 9.71. The van der Waals surface area contributed by atoms with Crippen molar-refractivity contribution < 1.29 is 9.72 Å². The number of non-ortho nitro benzene ring substituents is 1. The van der Waals surface area contributed by atoms with E-state index in [0.29, 0.717) is 5.69 Å². The Hall–Kier alpha value is -3.56. The highest BCUT2D eigenvalue weighted by molar-refractivity contribution is 5.92. The Kier molecular flexibility index (Phi) is 6.58. The zero-order valence-corrected chi connectivity index (χ0v) is 17.9. The molecular formula is C23H26N6O3. The van der Waals surface area contributed by atoms with Crippen molar-refractivity contribution in [1.29, 1.82) is 0 Å². The maximum atomic E-state index is 13.0. The molecule has 32 heavy (non-hydrogen) atoms. The van der Waals surface area contributed by atoms with Crippen LogP contribution in [0.1, 0.15) is 22.1 Å². The van der Waals surface area contributed by atoms with Crippen molar-refractivity contribution in [2.75, 3.05) is 39.8 Å². The maximum absolute atomic E-state index is 13.0. The molecule has 4 rings (SSSR count). The number of carbonyl (C=O) groups excluding carboxylic acids is 1. The molecule has 9 nitrogen and oxygen atoms in total. The topological polar surface area (TPSA) is 96.5 Å². The van der Waals surface area contributed by atoms with Gasteiger partial charge in [-0.2, -0.15) is 5.10 Å². The van der Waals surface area contributed by atoms with Crippen molar-refractivity contribution in [2.24, 2.45) is 0 Å². The molecule has 3 aromatic rings. The molecule has 1 fully saturated rings. The van der Waals surface area contributed by atoms with Crippen LogP contribution >= 0.6 is 0 Å². The molecule has 1 aromatic heterocycles. The summed E-state index contributed by atoms with van der Waals surface area (Å²) in [6.07, 6.45) is 1.63. The molecule has 1 unspecified atom stereocenters. The third kappa shape index (κ3) is 5.19. The molecule has 0 aliphatic carbocycles. The van der Waals surface area contributed by atoms with E-state index in [1.165, 1.54) is 16.8 Å². The van der Waals surface area contributed by atoms with E-state index in [1.54, 1.807) is 24.4 Å². The zero-order chi connectivity index (χ0) is 22.5. The van der Waals surface area contributed by atoms with Crippen molar-refractivity contribution in [1.82, 2.24) is 24.9 Å². The van der Waals surface area contributed by atoms with Crippen LogP contribution in [0.25, 0.3) is 5.69 Å². The molecule has 0 spiro atoms. The minimum absolute atomic E-state index is 0.0275. The van der Waals surface area contributed by atoms with Gasteiger partial charge in [0.2, 0.25) is 0 Å². The van der Waals surface area contributed by atoms with Crippen LogP contribution in [0, 0.1) is 10.1 Å². The quantitative estimate of drug-likeness (QED) is 0.453. The molecule has 1 amide bonds. The number of amides is 1. The first kappa shape index (κ1) is 21.7. The van der Waals surface area contributed by atoms with Crippen LogP contribution in [0.15, 0.2) is 66.9 Å². The van der Waals surface area contributed by atoms with Gasteiger partial charge >= 0.3 is 0 Å². The highest BCUT2D eigenvalue weighted by Crippen LogP contribution is 2.18. The van der Waals surface area contributed by atoms with Crippen LogP contribution in [-0.2, 0) is 0 Å². The average Bonchev–Trinajstić information content (AvgIpc) is 3.31. The number of benzene rings is 2. The van der Waals surface area contributed by atoms with Crippen LogP contribution in [-0.4, -0.2) is 70.2 Å². The molecular weight excluding hydrogens is 408 g/mol. The molecule has 0 bridgehead atoms. The maximum Gasteiger partial charge on any atom is 0.272 e. The summed E-state index contributed by atoms with van der Waals surface area (Å²) >= 11 is 0. The summed E-state index contributed by atoms with van der Waals surface area (Å²) in [5.74, 6) is -0.280. The first-order valence-corrected chi connectivity index (χ1v) is 10.6. The molecule has 1 aliphatic rings. The van der Waals surface area contributed by atoms with E-state index in [9.17, 15) is 14.9 Å². The average molecular weight is 435 g/mol. The summed E-state index contributed by atoms with van der Waals surface area (Å²) in [6.45, 7) is 4.63. The molecule has 1 N–H and O–H groups in total. The lowest BCUT2D eigenvalue weighted by atomic mass is 10.1. The minimum atomic E-state index is -0.455. The van der Waals surface area contributed by atoms with Gasteiger partial charge in [0.05, 0.1) is 16.7 Å². The number of nitro groups is 1. The standard InChI is InChI=1S/C23H26N6O3/c1-26-12-14-27(15-13-26)17-22(18-6-3-2-4-7-18)24-23(30)21-10-11-28(25-21)19-8-5-9-20(16-19)29(31)32/h2-11,16,22H,12-15,17H2,1H3,(H,24,30). The van der Waals surface area contributed by atoms with E-state index < -0.39 is 4.92 Å². The van der Waals surface area contributed by atoms with E-state index in [1.807, 2.05) is 30.3 Å². The monoisotopic (exact) mass is 434 g/mol. The Bertz CT molecular complexity index is 1080. The summed E-state index contributed by atoms with van der Waals surface area (Å²) < 4.78 is 1.47. The predicted octanol–water partition coefficient (Wildman–Crippen LogP) is 2.50. The molecule has 1 atom stereocenters. The zero-order valence-electron chi connectivity index (χ0n) is 17.9. The molecule has 166 valence electrons. The van der Waals surface area contributed by atoms with Crippen molar-refractivity contribution in [3.63, 3.8) is 0 Å². The fourth-order valence-corrected chi connectivity index (χ4v) is 3.78. The second-order valence-electron chi connectivity index (χ2n) is 7.96. The van der Waals surface area contributed by atoms with Gasteiger partial charge in [0, 0.05) is 51.1 Å². The Morgan fingerprint density at radius 1 is 1.09 bits per heavy atom. The SMILES string of the molecule is CN1CCN(CC(NC(=O)c2ccn(-c3cccc([N+](=O)[O-])c3)n2)c2ccccc2)CC1. The number of nitro benzene ring substituents is 1.